The molecule has 7 heteroatoms. The molecule has 1 aromatic carbocycles. The van der Waals surface area contributed by atoms with E-state index in [1.807, 2.05) is 0 Å². The van der Waals surface area contributed by atoms with E-state index in [1.54, 1.807) is 29.6 Å². The molecule has 2 amide bonds. The SMILES string of the molecule is C#CCNC(=O)COC(=O)c1cccc(NC(=O)c2cccs2)c1. The number of thiophene rings is 1. The fourth-order valence-corrected chi connectivity index (χ4v) is 2.36. The third-order valence-corrected chi connectivity index (χ3v) is 3.69. The predicted octanol–water partition coefficient (Wildman–Crippen LogP) is 1.91. The zero-order valence-corrected chi connectivity index (χ0v) is 13.4. The number of carbonyl (C=O) groups is 3. The van der Waals surface area contributed by atoms with E-state index in [9.17, 15) is 14.4 Å². The van der Waals surface area contributed by atoms with Crippen molar-refractivity contribution in [2.45, 2.75) is 0 Å². The van der Waals surface area contributed by atoms with Crippen molar-refractivity contribution in [2.75, 3.05) is 18.5 Å². The summed E-state index contributed by atoms with van der Waals surface area (Å²) in [6.45, 7) is -0.354. The Labute approximate surface area is 142 Å². The smallest absolute Gasteiger partial charge is 0.338 e. The highest BCUT2D eigenvalue weighted by molar-refractivity contribution is 7.12. The highest BCUT2D eigenvalue weighted by Crippen LogP contribution is 2.15. The van der Waals surface area contributed by atoms with E-state index in [0.29, 0.717) is 10.6 Å². The first-order chi connectivity index (χ1) is 11.6. The van der Waals surface area contributed by atoms with Crippen molar-refractivity contribution < 1.29 is 19.1 Å². The topological polar surface area (TPSA) is 84.5 Å². The Morgan fingerprint density at radius 1 is 1.21 bits per heavy atom. The molecule has 0 aliphatic rings. The molecule has 0 spiro atoms. The van der Waals surface area contributed by atoms with Gasteiger partial charge in [-0.3, -0.25) is 9.59 Å². The second-order valence-corrected chi connectivity index (χ2v) is 5.52. The van der Waals surface area contributed by atoms with Crippen molar-refractivity contribution in [1.82, 2.24) is 5.32 Å². The number of carbonyl (C=O) groups excluding carboxylic acids is 3. The number of terminal acetylenes is 1. The molecular weight excluding hydrogens is 328 g/mol. The largest absolute Gasteiger partial charge is 0.452 e. The lowest BCUT2D eigenvalue weighted by molar-refractivity contribution is -0.123. The molecule has 0 unspecified atom stereocenters. The molecule has 2 aromatic rings. The van der Waals surface area contributed by atoms with E-state index in [2.05, 4.69) is 16.6 Å². The van der Waals surface area contributed by atoms with Crippen LogP contribution in [0.3, 0.4) is 0 Å². The van der Waals surface area contributed by atoms with Gasteiger partial charge in [-0.15, -0.1) is 17.8 Å². The zero-order chi connectivity index (χ0) is 17.4. The maximum absolute atomic E-state index is 12.0. The number of hydrogen-bond acceptors (Lipinski definition) is 5. The maximum atomic E-state index is 12.0. The molecule has 0 fully saturated rings. The van der Waals surface area contributed by atoms with Crippen molar-refractivity contribution in [3.05, 3.63) is 52.2 Å². The Kier molecular flexibility index (Phi) is 6.11. The van der Waals surface area contributed by atoms with Gasteiger partial charge < -0.3 is 15.4 Å². The molecular formula is C17H14N2O4S. The van der Waals surface area contributed by atoms with Gasteiger partial charge in [0.25, 0.3) is 11.8 Å². The van der Waals surface area contributed by atoms with Crippen molar-refractivity contribution in [2.24, 2.45) is 0 Å². The lowest BCUT2D eigenvalue weighted by atomic mass is 10.2. The van der Waals surface area contributed by atoms with E-state index < -0.39 is 18.5 Å². The number of rotatable bonds is 6. The van der Waals surface area contributed by atoms with Gasteiger partial charge in [-0.2, -0.15) is 0 Å². The van der Waals surface area contributed by atoms with E-state index in [0.717, 1.165) is 0 Å². The van der Waals surface area contributed by atoms with Crippen LogP contribution in [0.2, 0.25) is 0 Å². The minimum absolute atomic E-state index is 0.0701. The normalized spacial score (nSPS) is 9.62. The molecule has 2 N–H and O–H groups in total. The standard InChI is InChI=1S/C17H14N2O4S/c1-2-8-18-15(20)11-23-17(22)12-5-3-6-13(10-12)19-16(21)14-7-4-9-24-14/h1,3-7,9-10H,8,11H2,(H,18,20)(H,19,21). The summed E-state index contributed by atoms with van der Waals surface area (Å²) >= 11 is 1.32. The van der Waals surface area contributed by atoms with Gasteiger partial charge in [0.2, 0.25) is 0 Å². The van der Waals surface area contributed by atoms with Gasteiger partial charge in [0.05, 0.1) is 17.0 Å². The molecule has 0 bridgehead atoms. The van der Waals surface area contributed by atoms with E-state index >= 15 is 0 Å². The molecule has 0 radical (unpaired) electrons. The lowest BCUT2D eigenvalue weighted by Gasteiger charge is -2.07. The summed E-state index contributed by atoms with van der Waals surface area (Å²) in [5, 5.41) is 6.88. The van der Waals surface area contributed by atoms with Gasteiger partial charge in [0.1, 0.15) is 0 Å². The highest BCUT2D eigenvalue weighted by Gasteiger charge is 2.12. The minimum atomic E-state index is -0.668. The number of ether oxygens (including phenoxy) is 1. The van der Waals surface area contributed by atoms with Crippen LogP contribution in [0.5, 0.6) is 0 Å². The summed E-state index contributed by atoms with van der Waals surface area (Å²) in [7, 11) is 0. The molecule has 1 aromatic heterocycles. The Balaban J connectivity index is 1.94. The molecule has 122 valence electrons. The van der Waals surface area contributed by atoms with Crippen LogP contribution in [-0.2, 0) is 9.53 Å². The summed E-state index contributed by atoms with van der Waals surface area (Å²) in [5.74, 6) is 0.832. The second-order valence-electron chi connectivity index (χ2n) is 4.57. The van der Waals surface area contributed by atoms with Gasteiger partial charge in [0, 0.05) is 5.69 Å². The monoisotopic (exact) mass is 342 g/mol. The summed E-state index contributed by atoms with van der Waals surface area (Å²) in [6, 6.07) is 9.75. The van der Waals surface area contributed by atoms with Gasteiger partial charge in [-0.25, -0.2) is 4.79 Å². The van der Waals surface area contributed by atoms with Gasteiger partial charge in [-0.1, -0.05) is 18.1 Å². The molecule has 2 rings (SSSR count). The number of hydrogen-bond donors (Lipinski definition) is 2. The van der Waals surface area contributed by atoms with Crippen LogP contribution < -0.4 is 10.6 Å². The van der Waals surface area contributed by atoms with E-state index in [-0.39, 0.29) is 18.0 Å². The van der Waals surface area contributed by atoms with Gasteiger partial charge >= 0.3 is 5.97 Å². The van der Waals surface area contributed by atoms with Crippen molar-refractivity contribution >= 4 is 34.8 Å². The van der Waals surface area contributed by atoms with Crippen molar-refractivity contribution in [3.63, 3.8) is 0 Å². The molecule has 0 saturated heterocycles. The third kappa shape index (κ3) is 4.97. The summed E-state index contributed by atoms with van der Waals surface area (Å²) < 4.78 is 4.89. The van der Waals surface area contributed by atoms with E-state index in [4.69, 9.17) is 11.2 Å². The first-order valence-electron chi connectivity index (χ1n) is 6.92. The number of anilines is 1. The van der Waals surface area contributed by atoms with Gasteiger partial charge in [-0.05, 0) is 29.6 Å². The van der Waals surface area contributed by atoms with Crippen LogP contribution in [0.25, 0.3) is 0 Å². The molecule has 0 atom stereocenters. The van der Waals surface area contributed by atoms with Gasteiger partial charge in [0.15, 0.2) is 6.61 Å². The lowest BCUT2D eigenvalue weighted by Crippen LogP contribution is -2.29. The molecule has 6 nitrogen and oxygen atoms in total. The van der Waals surface area contributed by atoms with Crippen LogP contribution >= 0.6 is 11.3 Å². The Morgan fingerprint density at radius 2 is 2.04 bits per heavy atom. The molecule has 0 aliphatic carbocycles. The average molecular weight is 342 g/mol. The number of nitrogens with one attached hydrogen (secondary N) is 2. The van der Waals surface area contributed by atoms with Crippen molar-refractivity contribution in [3.8, 4) is 12.3 Å². The number of benzene rings is 1. The highest BCUT2D eigenvalue weighted by atomic mass is 32.1. The van der Waals surface area contributed by atoms with Crippen molar-refractivity contribution in [1.29, 1.82) is 0 Å². The third-order valence-electron chi connectivity index (χ3n) is 2.82. The number of amides is 2. The average Bonchev–Trinajstić information content (AvgIpc) is 3.12. The molecule has 0 saturated carbocycles. The number of esters is 1. The molecule has 1 heterocycles. The Hall–Kier alpha value is -3.11. The van der Waals surface area contributed by atoms with E-state index in [1.165, 1.54) is 23.5 Å². The zero-order valence-electron chi connectivity index (χ0n) is 12.6. The summed E-state index contributed by atoms with van der Waals surface area (Å²) in [6.07, 6.45) is 5.01. The van der Waals surface area contributed by atoms with Crippen LogP contribution in [0.1, 0.15) is 20.0 Å². The fraction of sp³-hybridized carbons (Fsp3) is 0.118. The second kappa shape index (κ2) is 8.50. The van der Waals surface area contributed by atoms with Crippen LogP contribution in [0, 0.1) is 12.3 Å². The Morgan fingerprint density at radius 3 is 2.75 bits per heavy atom. The fourth-order valence-electron chi connectivity index (χ4n) is 1.74. The summed E-state index contributed by atoms with van der Waals surface area (Å²) in [4.78, 5) is 35.8. The Bertz CT molecular complexity index is 778. The minimum Gasteiger partial charge on any atom is -0.452 e. The van der Waals surface area contributed by atoms with Crippen LogP contribution in [0.15, 0.2) is 41.8 Å². The maximum Gasteiger partial charge on any atom is 0.338 e. The molecule has 24 heavy (non-hydrogen) atoms. The first-order valence-corrected chi connectivity index (χ1v) is 7.80. The quantitative estimate of drug-likeness (QED) is 0.620. The first kappa shape index (κ1) is 17.2. The molecule has 0 aliphatic heterocycles. The summed E-state index contributed by atoms with van der Waals surface area (Å²) in [5.41, 5.74) is 0.684. The van der Waals surface area contributed by atoms with Crippen LogP contribution in [0.4, 0.5) is 5.69 Å². The predicted molar refractivity (Wildman–Crippen MR) is 90.8 cm³/mol. The van der Waals surface area contributed by atoms with Crippen LogP contribution in [-0.4, -0.2) is 30.9 Å².